The van der Waals surface area contributed by atoms with Gasteiger partial charge in [0.05, 0.1) is 7.11 Å². The van der Waals surface area contributed by atoms with Crippen LogP contribution in [0.4, 0.5) is 4.39 Å². The van der Waals surface area contributed by atoms with Crippen molar-refractivity contribution in [2.45, 2.75) is 6.30 Å². The van der Waals surface area contributed by atoms with Crippen LogP contribution >= 0.6 is 0 Å². The Labute approximate surface area is 64.8 Å². The van der Waals surface area contributed by atoms with Gasteiger partial charge in [-0.1, -0.05) is 12.1 Å². The van der Waals surface area contributed by atoms with Gasteiger partial charge in [0.1, 0.15) is 5.75 Å². The quantitative estimate of drug-likeness (QED) is 0.658. The summed E-state index contributed by atoms with van der Waals surface area (Å²) in [5, 5.41) is 0. The normalized spacial score (nSPS) is 12.6. The topological polar surface area (TPSA) is 35.2 Å². The molecule has 0 fully saturated rings. The minimum atomic E-state index is -1.40. The largest absolute Gasteiger partial charge is 0.497 e. The van der Waals surface area contributed by atoms with Crippen LogP contribution in [0.3, 0.4) is 0 Å². The van der Waals surface area contributed by atoms with E-state index in [0.29, 0.717) is 11.3 Å². The van der Waals surface area contributed by atoms with Crippen molar-refractivity contribution in [2.24, 2.45) is 5.73 Å². The Hall–Kier alpha value is -1.09. The Bertz CT molecular complexity index is 220. The van der Waals surface area contributed by atoms with Crippen molar-refractivity contribution >= 4 is 0 Å². The Morgan fingerprint density at radius 2 is 1.91 bits per heavy atom. The van der Waals surface area contributed by atoms with Crippen LogP contribution in [0.25, 0.3) is 0 Å². The first-order chi connectivity index (χ1) is 5.24. The second-order valence-electron chi connectivity index (χ2n) is 2.17. The predicted octanol–water partition coefficient (Wildman–Crippen LogP) is 1.62. The highest BCUT2D eigenvalue weighted by atomic mass is 19.1. The molecule has 0 spiro atoms. The molecule has 2 nitrogen and oxygen atoms in total. The fourth-order valence-corrected chi connectivity index (χ4v) is 0.788. The van der Waals surface area contributed by atoms with Gasteiger partial charge < -0.3 is 4.74 Å². The number of ether oxygens (including phenoxy) is 1. The van der Waals surface area contributed by atoms with Crippen molar-refractivity contribution in [3.63, 3.8) is 0 Å². The van der Waals surface area contributed by atoms with Gasteiger partial charge in [-0.25, -0.2) is 4.39 Å². The van der Waals surface area contributed by atoms with Crippen molar-refractivity contribution in [2.75, 3.05) is 7.11 Å². The van der Waals surface area contributed by atoms with E-state index in [0.717, 1.165) is 0 Å². The molecule has 0 aromatic heterocycles. The smallest absolute Gasteiger partial charge is 0.174 e. The maximum Gasteiger partial charge on any atom is 0.174 e. The third-order valence-electron chi connectivity index (χ3n) is 1.43. The number of benzene rings is 1. The molecule has 0 amide bonds. The molecule has 0 saturated carbocycles. The van der Waals surface area contributed by atoms with E-state index in [-0.39, 0.29) is 0 Å². The summed E-state index contributed by atoms with van der Waals surface area (Å²) in [5.74, 6) is 0.703. The molecule has 0 heterocycles. The molecule has 1 aromatic rings. The molecule has 1 rings (SSSR count). The number of hydrogen-bond acceptors (Lipinski definition) is 2. The van der Waals surface area contributed by atoms with Crippen LogP contribution in [0.5, 0.6) is 5.75 Å². The average molecular weight is 155 g/mol. The van der Waals surface area contributed by atoms with Crippen molar-refractivity contribution < 1.29 is 9.13 Å². The van der Waals surface area contributed by atoms with E-state index in [9.17, 15) is 4.39 Å². The summed E-state index contributed by atoms with van der Waals surface area (Å²) in [7, 11) is 1.56. The molecule has 0 aliphatic heterocycles. The van der Waals surface area contributed by atoms with Gasteiger partial charge >= 0.3 is 0 Å². The van der Waals surface area contributed by atoms with E-state index in [1.807, 2.05) is 0 Å². The number of methoxy groups -OCH3 is 1. The average Bonchev–Trinajstić information content (AvgIpc) is 2.05. The lowest BCUT2D eigenvalue weighted by Crippen LogP contribution is -2.02. The Kier molecular flexibility index (Phi) is 2.44. The van der Waals surface area contributed by atoms with Crippen molar-refractivity contribution in [3.05, 3.63) is 29.8 Å². The van der Waals surface area contributed by atoms with Gasteiger partial charge in [-0.05, 0) is 12.1 Å². The number of nitrogens with two attached hydrogens (primary N) is 1. The van der Waals surface area contributed by atoms with Crippen LogP contribution in [0.2, 0.25) is 0 Å². The molecule has 2 N–H and O–H groups in total. The van der Waals surface area contributed by atoms with Crippen LogP contribution in [-0.2, 0) is 0 Å². The van der Waals surface area contributed by atoms with Gasteiger partial charge in [0.15, 0.2) is 6.30 Å². The molecule has 60 valence electrons. The van der Waals surface area contributed by atoms with Crippen LogP contribution < -0.4 is 10.5 Å². The molecule has 1 aromatic carbocycles. The first-order valence-electron chi connectivity index (χ1n) is 3.27. The first-order valence-corrected chi connectivity index (χ1v) is 3.27. The van der Waals surface area contributed by atoms with Gasteiger partial charge in [-0.15, -0.1) is 0 Å². The summed E-state index contributed by atoms with van der Waals surface area (Å²) in [6.07, 6.45) is -1.40. The Balaban J connectivity index is 2.83. The van der Waals surface area contributed by atoms with E-state index in [1.54, 1.807) is 31.4 Å². The first kappa shape index (κ1) is 8.01. The van der Waals surface area contributed by atoms with Gasteiger partial charge in [-0.2, -0.15) is 0 Å². The predicted molar refractivity (Wildman–Crippen MR) is 41.0 cm³/mol. The molecule has 0 radical (unpaired) electrons. The zero-order chi connectivity index (χ0) is 8.27. The van der Waals surface area contributed by atoms with Crippen molar-refractivity contribution in [1.82, 2.24) is 0 Å². The zero-order valence-electron chi connectivity index (χ0n) is 6.25. The number of hydrogen-bond donors (Lipinski definition) is 1. The molecule has 0 bridgehead atoms. The zero-order valence-corrected chi connectivity index (χ0v) is 6.25. The summed E-state index contributed by atoms with van der Waals surface area (Å²) in [6.45, 7) is 0. The third kappa shape index (κ3) is 1.91. The molecule has 1 atom stereocenters. The van der Waals surface area contributed by atoms with Gasteiger partial charge in [0.2, 0.25) is 0 Å². The minimum absolute atomic E-state index is 0.464. The molecule has 0 saturated heterocycles. The summed E-state index contributed by atoms with van der Waals surface area (Å²) in [5.41, 5.74) is 5.46. The van der Waals surface area contributed by atoms with Crippen molar-refractivity contribution in [3.8, 4) is 5.75 Å². The summed E-state index contributed by atoms with van der Waals surface area (Å²) < 4.78 is 17.3. The molecular weight excluding hydrogens is 145 g/mol. The fourth-order valence-electron chi connectivity index (χ4n) is 0.788. The van der Waals surface area contributed by atoms with Crippen LogP contribution in [0, 0.1) is 0 Å². The lowest BCUT2D eigenvalue weighted by molar-refractivity contribution is 0.355. The highest BCUT2D eigenvalue weighted by Crippen LogP contribution is 2.16. The van der Waals surface area contributed by atoms with Crippen LogP contribution in [-0.4, -0.2) is 7.11 Å². The summed E-state index contributed by atoms with van der Waals surface area (Å²) in [4.78, 5) is 0. The molecule has 0 aliphatic carbocycles. The monoisotopic (exact) mass is 155 g/mol. The van der Waals surface area contributed by atoms with E-state index in [4.69, 9.17) is 10.5 Å². The maximum atomic E-state index is 12.4. The third-order valence-corrected chi connectivity index (χ3v) is 1.43. The molecule has 3 heteroatoms. The highest BCUT2D eigenvalue weighted by Gasteiger charge is 2.01. The molecule has 11 heavy (non-hydrogen) atoms. The van der Waals surface area contributed by atoms with Crippen LogP contribution in [0.1, 0.15) is 11.9 Å². The minimum Gasteiger partial charge on any atom is -0.497 e. The van der Waals surface area contributed by atoms with E-state index < -0.39 is 6.30 Å². The number of rotatable bonds is 2. The number of alkyl halides is 1. The Morgan fingerprint density at radius 3 is 2.27 bits per heavy atom. The second kappa shape index (κ2) is 3.34. The Morgan fingerprint density at radius 1 is 1.36 bits per heavy atom. The molecule has 1 unspecified atom stereocenters. The SMILES string of the molecule is COc1ccc(C(N)F)cc1. The molecule has 0 aliphatic rings. The lowest BCUT2D eigenvalue weighted by Gasteiger charge is -2.02. The standard InChI is InChI=1S/C8H10FNO/c1-11-7-4-2-6(3-5-7)8(9)10/h2-5,8H,10H2,1H3. The van der Waals surface area contributed by atoms with E-state index >= 15 is 0 Å². The van der Waals surface area contributed by atoms with E-state index in [2.05, 4.69) is 0 Å². The van der Waals surface area contributed by atoms with Gasteiger partial charge in [0, 0.05) is 5.56 Å². The summed E-state index contributed by atoms with van der Waals surface area (Å²) in [6, 6.07) is 6.55. The second-order valence-corrected chi connectivity index (χ2v) is 2.17. The lowest BCUT2D eigenvalue weighted by atomic mass is 10.2. The van der Waals surface area contributed by atoms with Crippen molar-refractivity contribution in [1.29, 1.82) is 0 Å². The molecular formula is C8H10FNO. The number of halogens is 1. The van der Waals surface area contributed by atoms with Gasteiger partial charge in [0.25, 0.3) is 0 Å². The van der Waals surface area contributed by atoms with E-state index in [1.165, 1.54) is 0 Å². The maximum absolute atomic E-state index is 12.4. The fraction of sp³-hybridized carbons (Fsp3) is 0.250. The highest BCUT2D eigenvalue weighted by molar-refractivity contribution is 5.27. The van der Waals surface area contributed by atoms with Crippen LogP contribution in [0.15, 0.2) is 24.3 Å². The summed E-state index contributed by atoms with van der Waals surface area (Å²) >= 11 is 0. The van der Waals surface area contributed by atoms with Gasteiger partial charge in [-0.3, -0.25) is 5.73 Å².